The zero-order valence-corrected chi connectivity index (χ0v) is 36.3. The van der Waals surface area contributed by atoms with Crippen molar-refractivity contribution in [3.8, 4) is 102 Å². The molecule has 8 aromatic carbocycles. The van der Waals surface area contributed by atoms with E-state index in [4.69, 9.17) is 24.9 Å². The zero-order valence-electron chi connectivity index (χ0n) is 36.3. The van der Waals surface area contributed by atoms with Gasteiger partial charge in [0.25, 0.3) is 0 Å². The van der Waals surface area contributed by atoms with Crippen molar-refractivity contribution < 1.29 is 25.5 Å². The van der Waals surface area contributed by atoms with Crippen LogP contribution in [0.4, 0.5) is 0 Å². The van der Waals surface area contributed by atoms with Crippen LogP contribution in [0.15, 0.2) is 192 Å². The normalized spacial score (nSPS) is 13.4. The minimum absolute atomic E-state index is 0.191. The highest BCUT2D eigenvalue weighted by molar-refractivity contribution is 6.16. The summed E-state index contributed by atoms with van der Waals surface area (Å²) in [5, 5.41) is 63.0. The Bertz CT molecular complexity index is 3460. The Hall–Kier alpha value is -9.60. The van der Waals surface area contributed by atoms with E-state index in [2.05, 4.69) is 12.1 Å². The van der Waals surface area contributed by atoms with E-state index in [9.17, 15) is 30.8 Å². The zero-order chi connectivity index (χ0) is 46.9. The molecule has 0 bridgehead atoms. The quantitative estimate of drug-likeness (QED) is 0.0688. The molecule has 1 unspecified atom stereocenters. The number of hydrogen-bond donors (Lipinski definition) is 5. The number of nitrogens with zero attached hydrogens (tertiary/aromatic N) is 7. The Morgan fingerprint density at radius 1 is 0.441 bits per heavy atom. The van der Waals surface area contributed by atoms with Crippen LogP contribution in [0.25, 0.3) is 67.5 Å². The fraction of sp³-hybridized carbons (Fsp3) is 0.0357. The number of rotatable bonds is 9. The van der Waals surface area contributed by atoms with Gasteiger partial charge in [0.2, 0.25) is 17.2 Å². The molecule has 2 heterocycles. The van der Waals surface area contributed by atoms with Crippen molar-refractivity contribution in [1.29, 1.82) is 5.26 Å². The Labute approximate surface area is 390 Å². The molecule has 1 aliphatic rings. The molecule has 0 spiro atoms. The van der Waals surface area contributed by atoms with Gasteiger partial charge in [-0.1, -0.05) is 158 Å². The molecule has 12 heteroatoms. The Morgan fingerprint density at radius 3 is 1.57 bits per heavy atom. The summed E-state index contributed by atoms with van der Waals surface area (Å²) in [7, 11) is 1.84. The predicted octanol–water partition coefficient (Wildman–Crippen LogP) is 11.1. The average molecular weight is 890 g/mol. The first kappa shape index (κ1) is 42.4. The second-order valence-corrected chi connectivity index (χ2v) is 16.0. The van der Waals surface area contributed by atoms with Crippen LogP contribution in [0.3, 0.4) is 0 Å². The van der Waals surface area contributed by atoms with E-state index in [1.165, 1.54) is 0 Å². The lowest BCUT2D eigenvalue weighted by Gasteiger charge is -2.34. The molecule has 0 saturated carbocycles. The Kier molecular flexibility index (Phi) is 11.1. The predicted molar refractivity (Wildman–Crippen MR) is 262 cm³/mol. The summed E-state index contributed by atoms with van der Waals surface area (Å²) in [6, 6.07) is 60.5. The van der Waals surface area contributed by atoms with Crippen molar-refractivity contribution in [3.63, 3.8) is 0 Å². The van der Waals surface area contributed by atoms with Gasteiger partial charge in [0, 0.05) is 34.9 Å². The molecule has 9 aromatic rings. The molecule has 0 aliphatic carbocycles. The molecule has 0 fully saturated rings. The van der Waals surface area contributed by atoms with Crippen molar-refractivity contribution in [2.45, 2.75) is 6.17 Å². The summed E-state index contributed by atoms with van der Waals surface area (Å²) in [5.41, 5.74) is 9.22. The smallest absolute Gasteiger partial charge is 0.208 e. The summed E-state index contributed by atoms with van der Waals surface area (Å²) >= 11 is 0. The largest absolute Gasteiger partial charge is 0.504 e. The SMILES string of the molecule is CN1C(c2ccccc2)=NC(c2c(O)c(O)c(O)c(O)c2O)=NC1c1ccccc1-c1ccc(-c2nc(-c3ccccc3)nc(-c3cccc(-c4ccc(C#N)cc4)c3)n2)cc1-c1ccccc1. The van der Waals surface area contributed by atoms with Gasteiger partial charge in [0.1, 0.15) is 11.4 Å². The molecule has 0 saturated heterocycles. The van der Waals surface area contributed by atoms with Gasteiger partial charge < -0.3 is 30.4 Å². The van der Waals surface area contributed by atoms with Crippen molar-refractivity contribution in [2.24, 2.45) is 9.98 Å². The monoisotopic (exact) mass is 889 g/mol. The maximum absolute atomic E-state index is 11.1. The van der Waals surface area contributed by atoms with Gasteiger partial charge in [0.05, 0.1) is 11.6 Å². The topological polar surface area (TPSA) is 192 Å². The van der Waals surface area contributed by atoms with E-state index >= 15 is 0 Å². The average Bonchev–Trinajstić information content (AvgIpc) is 3.40. The third-order valence-corrected chi connectivity index (χ3v) is 11.8. The lowest BCUT2D eigenvalue weighted by molar-refractivity contribution is 0.327. The molecule has 5 N–H and O–H groups in total. The van der Waals surface area contributed by atoms with Gasteiger partial charge in [-0.3, -0.25) is 0 Å². The van der Waals surface area contributed by atoms with Crippen molar-refractivity contribution in [3.05, 3.63) is 204 Å². The molecule has 328 valence electrons. The number of nitriles is 1. The van der Waals surface area contributed by atoms with E-state index in [1.54, 1.807) is 12.1 Å². The van der Waals surface area contributed by atoms with Gasteiger partial charge in [-0.05, 0) is 57.6 Å². The Balaban J connectivity index is 1.13. The first-order valence-corrected chi connectivity index (χ1v) is 21.5. The van der Waals surface area contributed by atoms with Crippen LogP contribution in [-0.4, -0.2) is 64.1 Å². The lowest BCUT2D eigenvalue weighted by atomic mass is 9.89. The molecule has 68 heavy (non-hydrogen) atoms. The number of phenolic OH excluding ortho intramolecular Hbond substituents is 5. The fourth-order valence-electron chi connectivity index (χ4n) is 8.35. The number of phenols is 5. The van der Waals surface area contributed by atoms with Crippen LogP contribution in [0.2, 0.25) is 0 Å². The second kappa shape index (κ2) is 17.8. The van der Waals surface area contributed by atoms with Gasteiger partial charge in [-0.2, -0.15) is 5.26 Å². The second-order valence-electron chi connectivity index (χ2n) is 16.0. The van der Waals surface area contributed by atoms with Gasteiger partial charge in [0.15, 0.2) is 41.0 Å². The first-order valence-electron chi connectivity index (χ1n) is 21.5. The number of aromatic hydroxyl groups is 5. The molecule has 1 atom stereocenters. The summed E-state index contributed by atoms with van der Waals surface area (Å²) in [6.07, 6.45) is -0.839. The highest BCUT2D eigenvalue weighted by Gasteiger charge is 2.33. The first-order chi connectivity index (χ1) is 33.2. The van der Waals surface area contributed by atoms with E-state index in [0.29, 0.717) is 34.4 Å². The number of amidine groups is 2. The van der Waals surface area contributed by atoms with Crippen molar-refractivity contribution in [1.82, 2.24) is 19.9 Å². The molecule has 12 nitrogen and oxygen atoms in total. The third-order valence-electron chi connectivity index (χ3n) is 11.8. The van der Waals surface area contributed by atoms with E-state index in [0.717, 1.165) is 55.6 Å². The minimum Gasteiger partial charge on any atom is -0.504 e. The number of benzene rings is 8. The van der Waals surface area contributed by atoms with Crippen LogP contribution in [0.1, 0.15) is 28.4 Å². The molecule has 0 radical (unpaired) electrons. The maximum Gasteiger partial charge on any atom is 0.208 e. The van der Waals surface area contributed by atoms with Gasteiger partial charge >= 0.3 is 0 Å². The van der Waals surface area contributed by atoms with Gasteiger partial charge in [-0.15, -0.1) is 0 Å². The highest BCUT2D eigenvalue weighted by Crippen LogP contribution is 2.52. The van der Waals surface area contributed by atoms with E-state index in [1.807, 2.05) is 176 Å². The van der Waals surface area contributed by atoms with E-state index < -0.39 is 40.5 Å². The molecule has 0 amide bonds. The summed E-state index contributed by atoms with van der Waals surface area (Å²) in [5.74, 6) is -3.28. The van der Waals surface area contributed by atoms with Crippen LogP contribution < -0.4 is 0 Å². The molecular formula is C56H39N7O5. The summed E-state index contributed by atoms with van der Waals surface area (Å²) in [4.78, 5) is 26.8. The highest BCUT2D eigenvalue weighted by atomic mass is 16.4. The van der Waals surface area contributed by atoms with Crippen LogP contribution >= 0.6 is 0 Å². The van der Waals surface area contributed by atoms with Crippen LogP contribution in [0.5, 0.6) is 28.7 Å². The lowest BCUT2D eigenvalue weighted by Crippen LogP contribution is -2.36. The molecule has 1 aromatic heterocycles. The number of aliphatic imine (C=N–C) groups is 2. The Morgan fingerprint density at radius 2 is 0.941 bits per heavy atom. The van der Waals surface area contributed by atoms with Crippen LogP contribution in [-0.2, 0) is 0 Å². The summed E-state index contributed by atoms with van der Waals surface area (Å²) < 4.78 is 0. The van der Waals surface area contributed by atoms with Crippen LogP contribution in [0, 0.1) is 11.3 Å². The van der Waals surface area contributed by atoms with E-state index in [-0.39, 0.29) is 5.84 Å². The van der Waals surface area contributed by atoms with Crippen molar-refractivity contribution >= 4 is 11.7 Å². The van der Waals surface area contributed by atoms with Crippen molar-refractivity contribution in [2.75, 3.05) is 7.05 Å². The fourth-order valence-corrected chi connectivity index (χ4v) is 8.35. The minimum atomic E-state index is -1.08. The molecular weight excluding hydrogens is 851 g/mol. The standard InChI is InChI=1S/C56H39N7O5/c1-63-55(37-18-9-4-10-19-37)61-54(45-46(64)48(66)50(68)49(67)47(45)65)62-56(63)43-23-12-11-22-41(43)42-29-28-40(31-44(42)35-14-5-2-6-15-35)53-59-51(36-16-7-3-8-17-36)58-52(60-53)39-21-13-20-38(30-39)34-26-24-33(32-57)25-27-34/h2-31,56,64-68H,1H3. The number of aromatic nitrogens is 3. The van der Waals surface area contributed by atoms with Gasteiger partial charge in [-0.25, -0.2) is 24.9 Å². The molecule has 1 aliphatic heterocycles. The molecule has 10 rings (SSSR count). The third kappa shape index (κ3) is 7.86. The number of hydrogen-bond acceptors (Lipinski definition) is 12. The maximum atomic E-state index is 11.1. The summed E-state index contributed by atoms with van der Waals surface area (Å²) in [6.45, 7) is 0.